The summed E-state index contributed by atoms with van der Waals surface area (Å²) in [5.74, 6) is -0.439. The van der Waals surface area contributed by atoms with Crippen LogP contribution in [-0.4, -0.2) is 17.9 Å². The number of benzene rings is 2. The van der Waals surface area contributed by atoms with E-state index >= 15 is 0 Å². The summed E-state index contributed by atoms with van der Waals surface area (Å²) in [6.07, 6.45) is 1.58. The SMILES string of the molecule is CN(C(=O)c1ccc(NCc2ccccc2F)cn1)c1ccccc1. The summed E-state index contributed by atoms with van der Waals surface area (Å²) in [6, 6.07) is 19.4. The zero-order valence-electron chi connectivity index (χ0n) is 13.8. The molecule has 0 aliphatic heterocycles. The summed E-state index contributed by atoms with van der Waals surface area (Å²) >= 11 is 0. The first-order chi connectivity index (χ1) is 12.1. The monoisotopic (exact) mass is 335 g/mol. The molecular formula is C20H18FN3O. The van der Waals surface area contributed by atoms with Gasteiger partial charge < -0.3 is 10.2 Å². The number of rotatable bonds is 5. The zero-order valence-corrected chi connectivity index (χ0v) is 13.8. The van der Waals surface area contributed by atoms with Crippen molar-refractivity contribution in [3.63, 3.8) is 0 Å². The zero-order chi connectivity index (χ0) is 17.6. The highest BCUT2D eigenvalue weighted by atomic mass is 19.1. The van der Waals surface area contributed by atoms with Crippen molar-refractivity contribution in [1.82, 2.24) is 4.98 Å². The molecule has 1 aromatic heterocycles. The number of nitrogens with one attached hydrogen (secondary N) is 1. The van der Waals surface area contributed by atoms with E-state index in [4.69, 9.17) is 0 Å². The lowest BCUT2D eigenvalue weighted by molar-refractivity contribution is 0.0988. The van der Waals surface area contributed by atoms with Gasteiger partial charge in [-0.3, -0.25) is 4.79 Å². The maximum Gasteiger partial charge on any atom is 0.276 e. The van der Waals surface area contributed by atoms with Crippen LogP contribution in [0.4, 0.5) is 15.8 Å². The van der Waals surface area contributed by atoms with Gasteiger partial charge in [0.25, 0.3) is 5.91 Å². The van der Waals surface area contributed by atoms with Crippen LogP contribution in [0.2, 0.25) is 0 Å². The molecule has 1 N–H and O–H groups in total. The smallest absolute Gasteiger partial charge is 0.276 e. The molecule has 25 heavy (non-hydrogen) atoms. The van der Waals surface area contributed by atoms with Gasteiger partial charge in [0.05, 0.1) is 11.9 Å². The predicted molar refractivity (Wildman–Crippen MR) is 97.1 cm³/mol. The van der Waals surface area contributed by atoms with Crippen molar-refractivity contribution in [3.05, 3.63) is 90.0 Å². The van der Waals surface area contributed by atoms with Crippen molar-refractivity contribution in [2.75, 3.05) is 17.3 Å². The van der Waals surface area contributed by atoms with E-state index in [1.54, 1.807) is 48.5 Å². The van der Waals surface area contributed by atoms with Gasteiger partial charge in [-0.05, 0) is 30.3 Å². The minimum atomic E-state index is -0.251. The summed E-state index contributed by atoms with van der Waals surface area (Å²) < 4.78 is 13.6. The minimum absolute atomic E-state index is 0.188. The fourth-order valence-electron chi connectivity index (χ4n) is 2.40. The van der Waals surface area contributed by atoms with Crippen LogP contribution in [0.5, 0.6) is 0 Å². The lowest BCUT2D eigenvalue weighted by Crippen LogP contribution is -2.26. The van der Waals surface area contributed by atoms with Crippen LogP contribution in [-0.2, 0) is 6.54 Å². The average molecular weight is 335 g/mol. The molecule has 126 valence electrons. The fraction of sp³-hybridized carbons (Fsp3) is 0.100. The Morgan fingerprint density at radius 3 is 2.44 bits per heavy atom. The number of amides is 1. The summed E-state index contributed by atoms with van der Waals surface area (Å²) in [6.45, 7) is 0.353. The third-order valence-corrected chi connectivity index (χ3v) is 3.87. The molecule has 0 unspecified atom stereocenters. The highest BCUT2D eigenvalue weighted by Gasteiger charge is 2.14. The van der Waals surface area contributed by atoms with Gasteiger partial charge in [0, 0.05) is 24.8 Å². The highest BCUT2D eigenvalue weighted by Crippen LogP contribution is 2.16. The van der Waals surface area contributed by atoms with Crippen LogP contribution < -0.4 is 10.2 Å². The molecule has 0 aliphatic rings. The second-order valence-electron chi connectivity index (χ2n) is 5.58. The van der Waals surface area contributed by atoms with Gasteiger partial charge in [0.2, 0.25) is 0 Å². The van der Waals surface area contributed by atoms with Gasteiger partial charge in [-0.1, -0.05) is 36.4 Å². The lowest BCUT2D eigenvalue weighted by Gasteiger charge is -2.16. The maximum atomic E-state index is 13.6. The van der Waals surface area contributed by atoms with Crippen LogP contribution in [0.3, 0.4) is 0 Å². The van der Waals surface area contributed by atoms with E-state index in [9.17, 15) is 9.18 Å². The van der Waals surface area contributed by atoms with Gasteiger partial charge >= 0.3 is 0 Å². The van der Waals surface area contributed by atoms with Crippen LogP contribution >= 0.6 is 0 Å². The van der Waals surface area contributed by atoms with Crippen molar-refractivity contribution in [3.8, 4) is 0 Å². The first kappa shape index (κ1) is 16.6. The fourth-order valence-corrected chi connectivity index (χ4v) is 2.40. The van der Waals surface area contributed by atoms with Gasteiger partial charge in [-0.25, -0.2) is 9.37 Å². The quantitative estimate of drug-likeness (QED) is 0.763. The third-order valence-electron chi connectivity index (χ3n) is 3.87. The molecule has 0 saturated heterocycles. The molecule has 2 aromatic carbocycles. The molecule has 4 nitrogen and oxygen atoms in total. The molecule has 0 radical (unpaired) electrons. The van der Waals surface area contributed by atoms with Gasteiger partial charge in [-0.2, -0.15) is 0 Å². The van der Waals surface area contributed by atoms with E-state index in [1.165, 1.54) is 6.07 Å². The number of aromatic nitrogens is 1. The molecule has 1 heterocycles. The molecule has 0 spiro atoms. The second kappa shape index (κ2) is 7.57. The molecule has 5 heteroatoms. The number of carbonyl (C=O) groups excluding carboxylic acids is 1. The van der Waals surface area contributed by atoms with Crippen molar-refractivity contribution < 1.29 is 9.18 Å². The molecular weight excluding hydrogens is 317 g/mol. The Kier molecular flexibility index (Phi) is 5.04. The summed E-state index contributed by atoms with van der Waals surface area (Å²) in [5, 5.41) is 3.10. The number of hydrogen-bond donors (Lipinski definition) is 1. The first-order valence-corrected chi connectivity index (χ1v) is 7.91. The van der Waals surface area contributed by atoms with E-state index in [0.29, 0.717) is 17.8 Å². The number of nitrogens with zero attached hydrogens (tertiary/aromatic N) is 2. The molecule has 1 amide bonds. The minimum Gasteiger partial charge on any atom is -0.380 e. The van der Waals surface area contributed by atoms with E-state index in [2.05, 4.69) is 10.3 Å². The second-order valence-corrected chi connectivity index (χ2v) is 5.58. The summed E-state index contributed by atoms with van der Waals surface area (Å²) in [7, 11) is 1.71. The average Bonchev–Trinajstić information content (AvgIpc) is 2.67. The summed E-state index contributed by atoms with van der Waals surface area (Å²) in [5.41, 5.74) is 2.45. The van der Waals surface area contributed by atoms with Crippen molar-refractivity contribution >= 4 is 17.3 Å². The lowest BCUT2D eigenvalue weighted by atomic mass is 10.2. The van der Waals surface area contributed by atoms with E-state index in [-0.39, 0.29) is 11.7 Å². The van der Waals surface area contributed by atoms with Crippen LogP contribution in [0.25, 0.3) is 0 Å². The number of carbonyl (C=O) groups is 1. The van der Waals surface area contributed by atoms with Crippen LogP contribution in [0.15, 0.2) is 72.9 Å². The topological polar surface area (TPSA) is 45.2 Å². The molecule has 3 aromatic rings. The Morgan fingerprint density at radius 1 is 1.04 bits per heavy atom. The predicted octanol–water partition coefficient (Wildman–Crippen LogP) is 4.11. The van der Waals surface area contributed by atoms with E-state index in [1.807, 2.05) is 30.3 Å². The molecule has 3 rings (SSSR count). The summed E-state index contributed by atoms with van der Waals surface area (Å²) in [4.78, 5) is 18.2. The first-order valence-electron chi connectivity index (χ1n) is 7.91. The number of halogens is 1. The highest BCUT2D eigenvalue weighted by molar-refractivity contribution is 6.04. The molecule has 0 aliphatic carbocycles. The normalized spacial score (nSPS) is 10.3. The Balaban J connectivity index is 1.66. The number of pyridine rings is 1. The Bertz CT molecular complexity index is 850. The maximum absolute atomic E-state index is 13.6. The van der Waals surface area contributed by atoms with Crippen LogP contribution in [0, 0.1) is 5.82 Å². The Morgan fingerprint density at radius 2 is 1.76 bits per heavy atom. The Labute approximate surface area is 145 Å². The third kappa shape index (κ3) is 4.01. The largest absolute Gasteiger partial charge is 0.380 e. The molecule has 0 saturated carbocycles. The van der Waals surface area contributed by atoms with Crippen LogP contribution in [0.1, 0.15) is 16.1 Å². The molecule has 0 bridgehead atoms. The van der Waals surface area contributed by atoms with Gasteiger partial charge in [-0.15, -0.1) is 0 Å². The van der Waals surface area contributed by atoms with E-state index < -0.39 is 0 Å². The molecule has 0 atom stereocenters. The van der Waals surface area contributed by atoms with E-state index in [0.717, 1.165) is 11.4 Å². The number of para-hydroxylation sites is 1. The number of hydrogen-bond acceptors (Lipinski definition) is 3. The number of anilines is 2. The van der Waals surface area contributed by atoms with Crippen molar-refractivity contribution in [2.45, 2.75) is 6.54 Å². The van der Waals surface area contributed by atoms with Crippen molar-refractivity contribution in [2.24, 2.45) is 0 Å². The molecule has 0 fully saturated rings. The van der Waals surface area contributed by atoms with Gasteiger partial charge in [0.1, 0.15) is 11.5 Å². The standard InChI is InChI=1S/C20H18FN3O/c1-24(17-8-3-2-4-9-17)20(25)19-12-11-16(14-23-19)22-13-15-7-5-6-10-18(15)21/h2-12,14,22H,13H2,1H3. The Hall–Kier alpha value is -3.21. The van der Waals surface area contributed by atoms with Gasteiger partial charge in [0.15, 0.2) is 0 Å². The van der Waals surface area contributed by atoms with Crippen molar-refractivity contribution in [1.29, 1.82) is 0 Å².